The molecule has 0 saturated carbocycles. The van der Waals surface area contributed by atoms with E-state index in [9.17, 15) is 0 Å². The summed E-state index contributed by atoms with van der Waals surface area (Å²) in [6, 6.07) is 0. The van der Waals surface area contributed by atoms with Gasteiger partial charge in [0.25, 0.3) is 5.09 Å². The summed E-state index contributed by atoms with van der Waals surface area (Å²) in [7, 11) is 0. The molecule has 0 radical (unpaired) electrons. The molecule has 0 saturated heterocycles. The Morgan fingerprint density at radius 1 is 1.11 bits per heavy atom. The molecular weight excluding hydrogens is 288 g/mol. The Morgan fingerprint density at radius 2 is 1.11 bits per heavy atom. The molecule has 1 N–H and O–H groups in total. The van der Waals surface area contributed by atoms with Crippen molar-refractivity contribution in [1.82, 2.24) is 0 Å². The summed E-state index contributed by atoms with van der Waals surface area (Å²) in [6.45, 7) is 0. The van der Waals surface area contributed by atoms with Crippen LogP contribution in [0.2, 0.25) is 0 Å². The van der Waals surface area contributed by atoms with E-state index in [1.165, 1.54) is 0 Å². The summed E-state index contributed by atoms with van der Waals surface area (Å²) in [4.78, 5) is 8.36. The van der Waals surface area contributed by atoms with E-state index in [0.29, 0.717) is 0 Å². The van der Waals surface area contributed by atoms with E-state index in [4.69, 9.17) is 15.3 Å². The molecule has 0 heterocycles. The van der Waals surface area contributed by atoms with Crippen LogP contribution in [0.15, 0.2) is 0 Å². The van der Waals surface area contributed by atoms with Crippen LogP contribution in [0.25, 0.3) is 0 Å². The monoisotopic (exact) mass is 289 g/mol. The molecule has 9 heavy (non-hydrogen) atoms. The molecule has 0 aromatic rings. The number of rotatable bonds is 0. The molecule has 0 bridgehead atoms. The molecule has 0 aromatic heterocycles. The molecule has 0 spiro atoms. The van der Waals surface area contributed by atoms with Crippen molar-refractivity contribution in [2.75, 3.05) is 0 Å². The van der Waals surface area contributed by atoms with Gasteiger partial charge in [-0.25, -0.2) is 0 Å². The van der Waals surface area contributed by atoms with Gasteiger partial charge in [0, 0.05) is 0 Å². The molecule has 7 nitrogen and oxygen atoms in total. The predicted molar refractivity (Wildman–Crippen MR) is 10.8 cm³/mol. The van der Waals surface area contributed by atoms with Gasteiger partial charge in [0.1, 0.15) is 0 Å². The Labute approximate surface area is 101 Å². The van der Waals surface area contributed by atoms with Crippen molar-refractivity contribution in [3.63, 3.8) is 0 Å². The van der Waals surface area contributed by atoms with Crippen molar-refractivity contribution >= 4 is 0 Å². The average molecular weight is 289 g/mol. The first-order valence-electron chi connectivity index (χ1n) is 0.565. The third-order valence-corrected chi connectivity index (χ3v) is 0. The summed E-state index contributed by atoms with van der Waals surface area (Å²) in [6.07, 6.45) is 0. The van der Waals surface area contributed by atoms with Crippen molar-refractivity contribution in [1.29, 1.82) is 0 Å². The van der Waals surface area contributed by atoms with E-state index in [1.807, 2.05) is 0 Å². The van der Waals surface area contributed by atoms with Gasteiger partial charge < -0.3 is 21.6 Å². The molecule has 0 fully saturated rings. The van der Waals surface area contributed by atoms with Crippen LogP contribution in [0.3, 0.4) is 0 Å². The van der Waals surface area contributed by atoms with Crippen LogP contribution in [-0.2, 0) is 81.8 Å². The van der Waals surface area contributed by atoms with Gasteiger partial charge in [-0.3, -0.25) is 0 Å². The normalized spacial score (nSPS) is 2.67. The maximum absolute atomic E-state index is 8.36. The van der Waals surface area contributed by atoms with Gasteiger partial charge >= 0.3 is 65.4 Å². The Balaban J connectivity index is -0.00000000450. The molecule has 0 amide bonds. The molecule has 9 heteroatoms. The van der Waals surface area contributed by atoms with E-state index in [1.54, 1.807) is 0 Å². The first kappa shape index (κ1) is 48.3. The van der Waals surface area contributed by atoms with Crippen molar-refractivity contribution in [3.8, 4) is 0 Å². The third kappa shape index (κ3) is 297. The second-order valence-electron chi connectivity index (χ2n) is 0.238. The summed E-state index contributed by atoms with van der Waals surface area (Å²) in [5.41, 5.74) is 0. The maximum Gasteiger partial charge on any atom is 3.00 e. The average Bonchev–Trinajstić information content (AvgIpc) is 0.811. The Kier molecular flexibility index (Phi) is 186. The van der Waals surface area contributed by atoms with Gasteiger partial charge in [0.05, 0.1) is 0 Å². The molecule has 0 aromatic carbocycles. The molecular formula is HNO6Y2. The summed E-state index contributed by atoms with van der Waals surface area (Å²) < 4.78 is 0. The summed E-state index contributed by atoms with van der Waals surface area (Å²) in [5, 5.41) is 13.6. The van der Waals surface area contributed by atoms with Gasteiger partial charge in [0.2, 0.25) is 0 Å². The second-order valence-corrected chi connectivity index (χ2v) is 0.238. The SMILES string of the molecule is O=[N+]([O-])O.[O-2].[O-2].[O-2].[Y+3].[Y+3]. The van der Waals surface area contributed by atoms with Crippen LogP contribution in [0.5, 0.6) is 0 Å². The Hall–Kier alpha value is 1.29. The van der Waals surface area contributed by atoms with Crippen LogP contribution in [0.1, 0.15) is 0 Å². The quantitative estimate of drug-likeness (QED) is 0.463. The second kappa shape index (κ2) is 34.7. The Bertz CT molecular complexity index is 34.0. The van der Waals surface area contributed by atoms with Crippen LogP contribution < -0.4 is 0 Å². The van der Waals surface area contributed by atoms with Crippen molar-refractivity contribution in [2.45, 2.75) is 0 Å². The van der Waals surface area contributed by atoms with E-state index < -0.39 is 5.09 Å². The summed E-state index contributed by atoms with van der Waals surface area (Å²) >= 11 is 0. The number of hydrogen-bond donors (Lipinski definition) is 1. The van der Waals surface area contributed by atoms with Crippen LogP contribution in [-0.4, -0.2) is 10.3 Å². The maximum atomic E-state index is 8.36. The van der Waals surface area contributed by atoms with E-state index in [2.05, 4.69) is 0 Å². The van der Waals surface area contributed by atoms with Gasteiger partial charge in [-0.1, -0.05) is 0 Å². The first-order valence-corrected chi connectivity index (χ1v) is 0.565. The van der Waals surface area contributed by atoms with Crippen LogP contribution in [0, 0.1) is 10.1 Å². The molecule has 0 rings (SSSR count). The van der Waals surface area contributed by atoms with Crippen LogP contribution in [0.4, 0.5) is 0 Å². The van der Waals surface area contributed by atoms with Gasteiger partial charge in [-0.05, 0) is 0 Å². The third-order valence-electron chi connectivity index (χ3n) is 0. The molecule has 0 aliphatic carbocycles. The minimum Gasteiger partial charge on any atom is -2.00 e. The zero-order valence-electron chi connectivity index (χ0n) is 4.09. The molecule has 48 valence electrons. The topological polar surface area (TPSA) is 149 Å². The predicted octanol–water partition coefficient (Wildman–Crippen LogP) is -0.709. The number of hydrogen-bond acceptors (Lipinski definition) is 2. The van der Waals surface area contributed by atoms with Crippen molar-refractivity contribution in [3.05, 3.63) is 10.1 Å². The van der Waals surface area contributed by atoms with E-state index in [0.717, 1.165) is 0 Å². The number of nitrogens with zero attached hydrogens (tertiary/aromatic N) is 1. The standard InChI is InChI=1S/HNO3.3O.2Y/c2-1(3)4;;;;;/h(H,2,3,4);;;;;/q;3*-2;2*+3. The minimum absolute atomic E-state index is 0. The molecule has 0 atom stereocenters. The summed E-state index contributed by atoms with van der Waals surface area (Å²) in [5.74, 6) is 0. The zero-order chi connectivity index (χ0) is 3.58. The van der Waals surface area contributed by atoms with Gasteiger partial charge in [-0.2, -0.15) is 0 Å². The van der Waals surface area contributed by atoms with E-state index in [-0.39, 0.29) is 81.8 Å². The smallest absolute Gasteiger partial charge is 2.00 e. The fourth-order valence-electron chi connectivity index (χ4n) is 0. The zero-order valence-corrected chi connectivity index (χ0v) is 9.77. The fraction of sp³-hybridized carbons (Fsp3) is 0. The molecule has 0 unspecified atom stereocenters. The van der Waals surface area contributed by atoms with Gasteiger partial charge in [0.15, 0.2) is 0 Å². The first-order chi connectivity index (χ1) is 1.73. The molecule has 0 aliphatic heterocycles. The molecule has 0 aliphatic rings. The van der Waals surface area contributed by atoms with Crippen molar-refractivity contribution < 1.29 is 92.1 Å². The van der Waals surface area contributed by atoms with Crippen molar-refractivity contribution in [2.24, 2.45) is 0 Å². The Morgan fingerprint density at radius 3 is 1.11 bits per heavy atom. The largest absolute Gasteiger partial charge is 3.00 e. The van der Waals surface area contributed by atoms with Gasteiger partial charge in [-0.15, -0.1) is 10.1 Å². The van der Waals surface area contributed by atoms with Crippen LogP contribution >= 0.6 is 0 Å². The minimum atomic E-state index is -1.50. The van der Waals surface area contributed by atoms with E-state index >= 15 is 0 Å². The fourth-order valence-corrected chi connectivity index (χ4v) is 0.